The van der Waals surface area contributed by atoms with Gasteiger partial charge in [0.05, 0.1) is 6.10 Å². The molecular weight excluding hydrogens is 293 g/mol. The van der Waals surface area contributed by atoms with Crippen molar-refractivity contribution in [3.05, 3.63) is 34.6 Å². The predicted octanol–water partition coefficient (Wildman–Crippen LogP) is 4.22. The molecule has 0 amide bonds. The van der Waals surface area contributed by atoms with Crippen LogP contribution in [0.4, 0.5) is 30.7 Å². The van der Waals surface area contributed by atoms with Crippen LogP contribution in [0, 0.1) is 25.6 Å². The first kappa shape index (κ1) is 16.7. The van der Waals surface area contributed by atoms with Crippen LogP contribution < -0.4 is 0 Å². The lowest BCUT2D eigenvalue weighted by Crippen LogP contribution is -2.41. The van der Waals surface area contributed by atoms with Gasteiger partial charge in [-0.1, -0.05) is 0 Å². The summed E-state index contributed by atoms with van der Waals surface area (Å²) in [6.45, 7) is 2.27. The Hall–Kier alpha value is -1.31. The molecule has 0 aromatic heterocycles. The smallest absolute Gasteiger partial charge is 0.387 e. The number of benzene rings is 1. The summed E-state index contributed by atoms with van der Waals surface area (Å²) in [6, 6.07) is 1.55. The van der Waals surface area contributed by atoms with Gasteiger partial charge in [0, 0.05) is 0 Å². The van der Waals surface area contributed by atoms with E-state index in [0.717, 1.165) is 26.0 Å². The molecule has 1 aromatic rings. The van der Waals surface area contributed by atoms with E-state index in [9.17, 15) is 35.8 Å². The zero-order valence-corrected chi connectivity index (χ0v) is 10.4. The van der Waals surface area contributed by atoms with Crippen molar-refractivity contribution in [3.63, 3.8) is 0 Å². The fraction of sp³-hybridized carbons (Fsp3) is 0.500. The third-order valence-corrected chi connectivity index (χ3v) is 2.88. The van der Waals surface area contributed by atoms with Crippen LogP contribution in [-0.4, -0.2) is 17.5 Å². The van der Waals surface area contributed by atoms with Crippen LogP contribution in [0.5, 0.6) is 0 Å². The maximum atomic E-state index is 13.0. The average molecular weight is 304 g/mol. The van der Waals surface area contributed by atoms with Crippen molar-refractivity contribution in [3.8, 4) is 0 Å². The summed E-state index contributed by atoms with van der Waals surface area (Å²) in [5, 5.41) is 9.54. The van der Waals surface area contributed by atoms with E-state index in [2.05, 4.69) is 0 Å². The van der Waals surface area contributed by atoms with Crippen molar-refractivity contribution < 1.29 is 35.8 Å². The lowest BCUT2D eigenvalue weighted by molar-refractivity contribution is -0.307. The minimum atomic E-state index is -5.66. The van der Waals surface area contributed by atoms with E-state index in [1.54, 1.807) is 0 Å². The summed E-state index contributed by atoms with van der Waals surface area (Å²) in [5.74, 6) is -4.72. The van der Waals surface area contributed by atoms with Gasteiger partial charge in [-0.05, 0) is 42.7 Å². The Morgan fingerprint density at radius 2 is 1.25 bits per heavy atom. The van der Waals surface area contributed by atoms with Crippen LogP contribution in [-0.2, 0) is 0 Å². The summed E-state index contributed by atoms with van der Waals surface area (Å²) >= 11 is 0. The van der Waals surface area contributed by atoms with Gasteiger partial charge in [-0.15, -0.1) is 0 Å². The van der Waals surface area contributed by atoms with E-state index >= 15 is 0 Å². The number of alkyl halides is 6. The molecule has 0 aliphatic carbocycles. The predicted molar refractivity (Wildman–Crippen MR) is 56.4 cm³/mol. The maximum absolute atomic E-state index is 13.0. The zero-order chi connectivity index (χ0) is 15.9. The van der Waals surface area contributed by atoms with E-state index in [1.807, 2.05) is 0 Å². The van der Waals surface area contributed by atoms with Gasteiger partial charge >= 0.3 is 12.4 Å². The van der Waals surface area contributed by atoms with Crippen molar-refractivity contribution in [2.75, 3.05) is 0 Å². The Labute approximate surface area is 110 Å². The molecule has 0 saturated heterocycles. The number of aryl methyl sites for hydroxylation is 2. The Morgan fingerprint density at radius 1 is 0.900 bits per heavy atom. The molecule has 1 atom stereocenters. The molecule has 8 heteroatoms. The second-order valence-electron chi connectivity index (χ2n) is 4.46. The molecule has 1 aromatic carbocycles. The van der Waals surface area contributed by atoms with Crippen LogP contribution in [0.25, 0.3) is 0 Å². The van der Waals surface area contributed by atoms with Crippen LogP contribution in [0.3, 0.4) is 0 Å². The highest BCUT2D eigenvalue weighted by molar-refractivity contribution is 5.36. The summed E-state index contributed by atoms with van der Waals surface area (Å²) < 4.78 is 88.3. The lowest BCUT2D eigenvalue weighted by Gasteiger charge is -2.29. The summed E-state index contributed by atoms with van der Waals surface area (Å²) in [5.41, 5.74) is -0.909. The fourth-order valence-electron chi connectivity index (χ4n) is 2.10. The van der Waals surface area contributed by atoms with Gasteiger partial charge in [-0.3, -0.25) is 0 Å². The van der Waals surface area contributed by atoms with Crippen LogP contribution in [0.1, 0.15) is 22.8 Å². The fourth-order valence-corrected chi connectivity index (χ4v) is 2.10. The molecule has 0 spiro atoms. The first-order chi connectivity index (χ1) is 8.85. The van der Waals surface area contributed by atoms with Crippen LogP contribution in [0.15, 0.2) is 12.1 Å². The topological polar surface area (TPSA) is 20.2 Å². The minimum absolute atomic E-state index is 0.173. The molecule has 1 rings (SSSR count). The molecule has 1 N–H and O–H groups in total. The van der Waals surface area contributed by atoms with Gasteiger partial charge in [0.15, 0.2) is 5.92 Å². The molecule has 20 heavy (non-hydrogen) atoms. The molecule has 114 valence electrons. The van der Waals surface area contributed by atoms with E-state index in [-0.39, 0.29) is 11.1 Å². The summed E-state index contributed by atoms with van der Waals surface area (Å²) in [4.78, 5) is 0. The quantitative estimate of drug-likeness (QED) is 0.811. The highest BCUT2D eigenvalue weighted by Crippen LogP contribution is 2.47. The van der Waals surface area contributed by atoms with Crippen molar-refractivity contribution in [2.45, 2.75) is 32.3 Å². The highest BCUT2D eigenvalue weighted by Gasteiger charge is 2.60. The zero-order valence-electron chi connectivity index (χ0n) is 10.4. The highest BCUT2D eigenvalue weighted by atomic mass is 19.4. The molecule has 0 fully saturated rings. The van der Waals surface area contributed by atoms with Gasteiger partial charge in [-0.25, -0.2) is 4.39 Å². The maximum Gasteiger partial charge on any atom is 0.403 e. The Balaban J connectivity index is 3.38. The van der Waals surface area contributed by atoms with E-state index in [4.69, 9.17) is 0 Å². The normalized spacial score (nSPS) is 14.8. The third-order valence-electron chi connectivity index (χ3n) is 2.88. The van der Waals surface area contributed by atoms with Crippen molar-refractivity contribution in [2.24, 2.45) is 5.92 Å². The molecule has 0 saturated carbocycles. The Kier molecular flexibility index (Phi) is 4.38. The van der Waals surface area contributed by atoms with E-state index in [0.29, 0.717) is 0 Å². The van der Waals surface area contributed by atoms with Gasteiger partial charge < -0.3 is 5.11 Å². The van der Waals surface area contributed by atoms with Crippen molar-refractivity contribution in [1.29, 1.82) is 0 Å². The summed E-state index contributed by atoms with van der Waals surface area (Å²) in [7, 11) is 0. The van der Waals surface area contributed by atoms with E-state index in [1.165, 1.54) is 0 Å². The van der Waals surface area contributed by atoms with Crippen LogP contribution >= 0.6 is 0 Å². The van der Waals surface area contributed by atoms with Crippen LogP contribution in [0.2, 0.25) is 0 Å². The molecule has 1 nitrogen and oxygen atoms in total. The SMILES string of the molecule is Cc1cc(F)cc(C)c1C(O)C(C(F)(F)F)C(F)(F)F. The summed E-state index contributed by atoms with van der Waals surface area (Å²) in [6.07, 6.45) is -14.2. The average Bonchev–Trinajstić information content (AvgIpc) is 2.09. The van der Waals surface area contributed by atoms with Gasteiger partial charge in [0.25, 0.3) is 0 Å². The largest absolute Gasteiger partial charge is 0.403 e. The number of aliphatic hydroxyl groups is 1. The first-order valence-electron chi connectivity index (χ1n) is 5.44. The molecule has 0 bridgehead atoms. The second-order valence-corrected chi connectivity index (χ2v) is 4.46. The minimum Gasteiger partial charge on any atom is -0.387 e. The van der Waals surface area contributed by atoms with Gasteiger partial charge in [0.2, 0.25) is 0 Å². The standard InChI is InChI=1S/C12H11F7O/c1-5-3-7(13)4-6(2)8(5)9(20)10(11(14,15)16)12(17,18)19/h3-4,9-10,20H,1-2H3. The lowest BCUT2D eigenvalue weighted by atomic mass is 9.88. The third kappa shape index (κ3) is 3.41. The first-order valence-corrected chi connectivity index (χ1v) is 5.44. The monoisotopic (exact) mass is 304 g/mol. The second kappa shape index (κ2) is 5.23. The number of halogens is 7. The van der Waals surface area contributed by atoms with E-state index < -0.39 is 35.8 Å². The van der Waals surface area contributed by atoms with Crippen molar-refractivity contribution >= 4 is 0 Å². The number of aliphatic hydroxyl groups excluding tert-OH is 1. The number of hydrogen-bond donors (Lipinski definition) is 1. The molecule has 0 radical (unpaired) electrons. The van der Waals surface area contributed by atoms with Gasteiger partial charge in [0.1, 0.15) is 5.82 Å². The number of hydrogen-bond acceptors (Lipinski definition) is 1. The molecule has 0 aliphatic rings. The molecule has 0 aliphatic heterocycles. The number of rotatable bonds is 2. The van der Waals surface area contributed by atoms with Gasteiger partial charge in [-0.2, -0.15) is 26.3 Å². The molecule has 0 heterocycles. The molecule has 1 unspecified atom stereocenters. The molecular formula is C12H11F7O. The Morgan fingerprint density at radius 3 is 1.55 bits per heavy atom. The Bertz CT molecular complexity index is 453. The van der Waals surface area contributed by atoms with Crippen molar-refractivity contribution in [1.82, 2.24) is 0 Å².